The average molecular weight is 384 g/mol. The maximum atomic E-state index is 12.9. The fourth-order valence-electron chi connectivity index (χ4n) is 3.01. The molecule has 7 nitrogen and oxygen atoms in total. The Labute approximate surface area is 154 Å². The number of halogens is 1. The highest BCUT2D eigenvalue weighted by Gasteiger charge is 2.31. The molecule has 0 saturated carbocycles. The van der Waals surface area contributed by atoms with E-state index in [0.717, 1.165) is 5.75 Å². The van der Waals surface area contributed by atoms with Crippen molar-refractivity contribution in [2.24, 2.45) is 0 Å². The summed E-state index contributed by atoms with van der Waals surface area (Å²) >= 11 is 7.85. The number of hydrogen-bond acceptors (Lipinski definition) is 4. The number of aliphatic carboxylic acids is 1. The van der Waals surface area contributed by atoms with Crippen LogP contribution in [0, 0.1) is 0 Å². The molecule has 2 fully saturated rings. The van der Waals surface area contributed by atoms with Crippen LogP contribution in [0.25, 0.3) is 0 Å². The number of amides is 3. The normalized spacial score (nSPS) is 20.5. The SMILES string of the molecule is O=C(O)CC1CSCCN1C(=O)c1ccc(Cl)c(N2CCNC2=O)c1. The zero-order chi connectivity index (χ0) is 18.0. The Morgan fingerprint density at radius 3 is 2.84 bits per heavy atom. The summed E-state index contributed by atoms with van der Waals surface area (Å²) in [4.78, 5) is 39.0. The molecule has 2 saturated heterocycles. The van der Waals surface area contributed by atoms with Gasteiger partial charge in [0, 0.05) is 36.7 Å². The van der Waals surface area contributed by atoms with Crippen LogP contribution in [0.2, 0.25) is 5.02 Å². The molecule has 134 valence electrons. The van der Waals surface area contributed by atoms with Crippen LogP contribution in [0.1, 0.15) is 16.8 Å². The molecular weight excluding hydrogens is 366 g/mol. The molecule has 3 amide bonds. The second-order valence-corrected chi connectivity index (χ2v) is 7.43. The lowest BCUT2D eigenvalue weighted by atomic mass is 10.1. The molecule has 0 radical (unpaired) electrons. The lowest BCUT2D eigenvalue weighted by Gasteiger charge is -2.34. The second kappa shape index (κ2) is 7.53. The van der Waals surface area contributed by atoms with Crippen molar-refractivity contribution in [3.8, 4) is 0 Å². The van der Waals surface area contributed by atoms with Crippen LogP contribution in [-0.4, -0.2) is 65.1 Å². The van der Waals surface area contributed by atoms with Crippen LogP contribution in [0.5, 0.6) is 0 Å². The highest BCUT2D eigenvalue weighted by molar-refractivity contribution is 7.99. The Morgan fingerprint density at radius 2 is 2.16 bits per heavy atom. The van der Waals surface area contributed by atoms with Gasteiger partial charge < -0.3 is 15.3 Å². The van der Waals surface area contributed by atoms with Crippen LogP contribution >= 0.6 is 23.4 Å². The minimum Gasteiger partial charge on any atom is -0.481 e. The maximum Gasteiger partial charge on any atom is 0.322 e. The van der Waals surface area contributed by atoms with Gasteiger partial charge >= 0.3 is 12.0 Å². The van der Waals surface area contributed by atoms with Crippen molar-refractivity contribution in [3.05, 3.63) is 28.8 Å². The second-order valence-electron chi connectivity index (χ2n) is 5.87. The van der Waals surface area contributed by atoms with Crippen LogP contribution in [0.3, 0.4) is 0 Å². The molecule has 3 rings (SSSR count). The molecule has 0 aliphatic carbocycles. The number of rotatable bonds is 4. The number of thioether (sulfide) groups is 1. The first-order chi connectivity index (χ1) is 12.0. The third-order valence-electron chi connectivity index (χ3n) is 4.24. The van der Waals surface area contributed by atoms with E-state index in [-0.39, 0.29) is 24.4 Å². The zero-order valence-electron chi connectivity index (χ0n) is 13.4. The molecule has 9 heteroatoms. The van der Waals surface area contributed by atoms with Crippen LogP contribution in [0.4, 0.5) is 10.5 Å². The van der Waals surface area contributed by atoms with Gasteiger partial charge in [-0.2, -0.15) is 11.8 Å². The van der Waals surface area contributed by atoms with Gasteiger partial charge in [-0.05, 0) is 18.2 Å². The number of carboxylic acids is 1. The summed E-state index contributed by atoms with van der Waals surface area (Å²) in [6.07, 6.45) is -0.0757. The highest BCUT2D eigenvalue weighted by Crippen LogP contribution is 2.30. The minimum absolute atomic E-state index is 0.0757. The quantitative estimate of drug-likeness (QED) is 0.828. The standard InChI is InChI=1S/C16H18ClN3O4S/c17-12-2-1-10(7-13(12)20-4-3-18-16(20)24)15(23)19-5-6-25-9-11(19)8-14(21)22/h1-2,7,11H,3-6,8-9H2,(H,18,24)(H,21,22). The van der Waals surface area contributed by atoms with Crippen molar-refractivity contribution in [2.75, 3.05) is 36.0 Å². The number of urea groups is 1. The summed E-state index contributed by atoms with van der Waals surface area (Å²) in [6.45, 7) is 1.51. The Balaban J connectivity index is 1.86. The van der Waals surface area contributed by atoms with E-state index >= 15 is 0 Å². The van der Waals surface area contributed by atoms with E-state index in [0.29, 0.717) is 41.7 Å². The van der Waals surface area contributed by atoms with E-state index in [2.05, 4.69) is 5.32 Å². The van der Waals surface area contributed by atoms with Crippen molar-refractivity contribution in [3.63, 3.8) is 0 Å². The molecule has 25 heavy (non-hydrogen) atoms. The first-order valence-corrected chi connectivity index (χ1v) is 9.46. The molecule has 1 aromatic rings. The van der Waals surface area contributed by atoms with Crippen LogP contribution in [-0.2, 0) is 4.79 Å². The Hall–Kier alpha value is -1.93. The third kappa shape index (κ3) is 3.85. The maximum absolute atomic E-state index is 12.9. The van der Waals surface area contributed by atoms with Gasteiger partial charge in [-0.3, -0.25) is 14.5 Å². The predicted octanol–water partition coefficient (Wildman–Crippen LogP) is 1.90. The van der Waals surface area contributed by atoms with Gasteiger partial charge in [-0.1, -0.05) is 11.6 Å². The number of nitrogens with zero attached hydrogens (tertiary/aromatic N) is 2. The monoisotopic (exact) mass is 383 g/mol. The lowest BCUT2D eigenvalue weighted by Crippen LogP contribution is -2.47. The molecule has 2 heterocycles. The van der Waals surface area contributed by atoms with Crippen molar-refractivity contribution in [1.82, 2.24) is 10.2 Å². The van der Waals surface area contributed by atoms with Gasteiger partial charge in [0.05, 0.1) is 23.2 Å². The molecule has 2 aliphatic rings. The largest absolute Gasteiger partial charge is 0.481 e. The predicted molar refractivity (Wildman–Crippen MR) is 96.6 cm³/mol. The number of carbonyl (C=O) groups excluding carboxylic acids is 2. The number of hydrogen-bond donors (Lipinski definition) is 2. The summed E-state index contributed by atoms with van der Waals surface area (Å²) < 4.78 is 0. The van der Waals surface area contributed by atoms with E-state index in [9.17, 15) is 14.4 Å². The van der Waals surface area contributed by atoms with Crippen molar-refractivity contribution < 1.29 is 19.5 Å². The smallest absolute Gasteiger partial charge is 0.322 e. The number of carboxylic acid groups (broad SMARTS) is 1. The first kappa shape index (κ1) is 17.9. The summed E-state index contributed by atoms with van der Waals surface area (Å²) in [5, 5.41) is 12.2. The molecular formula is C16H18ClN3O4S. The van der Waals surface area contributed by atoms with E-state index in [1.807, 2.05) is 0 Å². The minimum atomic E-state index is -0.921. The highest BCUT2D eigenvalue weighted by atomic mass is 35.5. The van der Waals surface area contributed by atoms with Gasteiger partial charge in [0.25, 0.3) is 5.91 Å². The Kier molecular flexibility index (Phi) is 5.39. The molecule has 0 spiro atoms. The van der Waals surface area contributed by atoms with Gasteiger partial charge in [-0.25, -0.2) is 4.79 Å². The molecule has 0 aromatic heterocycles. The Morgan fingerprint density at radius 1 is 1.36 bits per heavy atom. The molecule has 1 unspecified atom stereocenters. The van der Waals surface area contributed by atoms with Crippen LogP contribution < -0.4 is 10.2 Å². The van der Waals surface area contributed by atoms with Gasteiger partial charge in [0.1, 0.15) is 0 Å². The third-order valence-corrected chi connectivity index (χ3v) is 5.65. The molecule has 0 bridgehead atoms. The summed E-state index contributed by atoms with van der Waals surface area (Å²) in [5.74, 6) is 0.226. The van der Waals surface area contributed by atoms with E-state index in [1.54, 1.807) is 34.9 Å². The van der Waals surface area contributed by atoms with E-state index in [4.69, 9.17) is 16.7 Å². The summed E-state index contributed by atoms with van der Waals surface area (Å²) in [5.41, 5.74) is 0.894. The molecule has 2 aliphatic heterocycles. The number of carbonyl (C=O) groups is 3. The van der Waals surface area contributed by atoms with Gasteiger partial charge in [-0.15, -0.1) is 0 Å². The number of nitrogens with one attached hydrogen (secondary N) is 1. The fourth-order valence-corrected chi connectivity index (χ4v) is 4.29. The fraction of sp³-hybridized carbons (Fsp3) is 0.438. The zero-order valence-corrected chi connectivity index (χ0v) is 15.0. The average Bonchev–Trinajstić information content (AvgIpc) is 3.00. The number of anilines is 1. The molecule has 1 aromatic carbocycles. The van der Waals surface area contributed by atoms with E-state index < -0.39 is 5.97 Å². The molecule has 2 N–H and O–H groups in total. The Bertz CT molecular complexity index is 715. The van der Waals surface area contributed by atoms with Gasteiger partial charge in [0.15, 0.2) is 0 Å². The summed E-state index contributed by atoms with van der Waals surface area (Å²) in [7, 11) is 0. The summed E-state index contributed by atoms with van der Waals surface area (Å²) in [6, 6.07) is 4.24. The topological polar surface area (TPSA) is 89.9 Å². The van der Waals surface area contributed by atoms with E-state index in [1.165, 1.54) is 4.90 Å². The van der Waals surface area contributed by atoms with Crippen molar-refractivity contribution >= 4 is 47.0 Å². The number of benzene rings is 1. The van der Waals surface area contributed by atoms with Crippen molar-refractivity contribution in [2.45, 2.75) is 12.5 Å². The van der Waals surface area contributed by atoms with Crippen LogP contribution in [0.15, 0.2) is 18.2 Å². The van der Waals surface area contributed by atoms with Crippen molar-refractivity contribution in [1.29, 1.82) is 0 Å². The lowest BCUT2D eigenvalue weighted by molar-refractivity contribution is -0.138. The molecule has 1 atom stereocenters. The first-order valence-electron chi connectivity index (χ1n) is 7.93. The van der Waals surface area contributed by atoms with Gasteiger partial charge in [0.2, 0.25) is 0 Å².